The van der Waals surface area contributed by atoms with E-state index in [2.05, 4.69) is 17.1 Å². The summed E-state index contributed by atoms with van der Waals surface area (Å²) in [5.41, 5.74) is 0.889. The lowest BCUT2D eigenvalue weighted by molar-refractivity contribution is -0.123. The van der Waals surface area contributed by atoms with Gasteiger partial charge in [0, 0.05) is 12.6 Å². The molecule has 0 aliphatic heterocycles. The summed E-state index contributed by atoms with van der Waals surface area (Å²) in [6.07, 6.45) is 0. The molecular weight excluding hydrogens is 196 g/mol. The van der Waals surface area contributed by atoms with Gasteiger partial charge in [-0.1, -0.05) is 12.2 Å². The average molecular weight is 210 g/mol. The van der Waals surface area contributed by atoms with Crippen molar-refractivity contribution in [3.8, 4) is 5.88 Å². The first-order valence-corrected chi connectivity index (χ1v) is 4.55. The quantitative estimate of drug-likeness (QED) is 0.738. The van der Waals surface area contributed by atoms with E-state index >= 15 is 0 Å². The number of aromatic nitrogens is 1. The van der Waals surface area contributed by atoms with E-state index in [1.165, 1.54) is 0 Å². The second-order valence-electron chi connectivity index (χ2n) is 3.30. The van der Waals surface area contributed by atoms with Crippen molar-refractivity contribution in [2.75, 3.05) is 13.2 Å². The lowest BCUT2D eigenvalue weighted by atomic mass is 10.3. The molecule has 0 unspecified atom stereocenters. The Balaban J connectivity index is 2.25. The van der Waals surface area contributed by atoms with E-state index in [1.54, 1.807) is 13.0 Å². The normalized spacial score (nSPS) is 9.73. The molecule has 1 aromatic rings. The van der Waals surface area contributed by atoms with Gasteiger partial charge in [0.1, 0.15) is 5.76 Å². The number of hydrogen-bond donors (Lipinski definition) is 1. The fraction of sp³-hybridized carbons (Fsp3) is 0.400. The first-order valence-electron chi connectivity index (χ1n) is 4.55. The van der Waals surface area contributed by atoms with Crippen LogP contribution in [0.15, 0.2) is 22.7 Å². The first kappa shape index (κ1) is 11.3. The zero-order valence-corrected chi connectivity index (χ0v) is 8.87. The molecule has 5 nitrogen and oxygen atoms in total. The maximum absolute atomic E-state index is 11.2. The van der Waals surface area contributed by atoms with Crippen LogP contribution in [0, 0.1) is 6.92 Å². The second kappa shape index (κ2) is 5.19. The topological polar surface area (TPSA) is 64.4 Å². The predicted octanol–water partition coefficient (Wildman–Crippen LogP) is 1.05. The van der Waals surface area contributed by atoms with Gasteiger partial charge in [0.15, 0.2) is 6.61 Å². The molecule has 1 heterocycles. The molecule has 0 saturated carbocycles. The van der Waals surface area contributed by atoms with E-state index in [4.69, 9.17) is 9.26 Å². The van der Waals surface area contributed by atoms with E-state index in [0.29, 0.717) is 18.2 Å². The highest BCUT2D eigenvalue weighted by atomic mass is 16.5. The van der Waals surface area contributed by atoms with Crippen LogP contribution in [0.25, 0.3) is 0 Å². The molecule has 0 spiro atoms. The number of hydrogen-bond acceptors (Lipinski definition) is 4. The highest BCUT2D eigenvalue weighted by Crippen LogP contribution is 2.09. The zero-order valence-electron chi connectivity index (χ0n) is 8.87. The largest absolute Gasteiger partial charge is 0.465 e. The van der Waals surface area contributed by atoms with Crippen LogP contribution < -0.4 is 10.1 Å². The number of nitrogens with one attached hydrogen (secondary N) is 1. The molecule has 5 heteroatoms. The molecule has 0 aliphatic carbocycles. The van der Waals surface area contributed by atoms with Crippen molar-refractivity contribution in [1.29, 1.82) is 0 Å². The van der Waals surface area contributed by atoms with E-state index in [9.17, 15) is 4.79 Å². The number of carbonyl (C=O) groups excluding carboxylic acids is 1. The van der Waals surface area contributed by atoms with Gasteiger partial charge < -0.3 is 14.6 Å². The summed E-state index contributed by atoms with van der Waals surface area (Å²) in [6.45, 7) is 7.64. The predicted molar refractivity (Wildman–Crippen MR) is 54.6 cm³/mol. The average Bonchev–Trinajstić information content (AvgIpc) is 2.58. The molecule has 0 fully saturated rings. The number of aryl methyl sites for hydroxylation is 1. The molecule has 0 aliphatic rings. The highest BCUT2D eigenvalue weighted by Gasteiger charge is 2.05. The van der Waals surface area contributed by atoms with E-state index < -0.39 is 0 Å². The summed E-state index contributed by atoms with van der Waals surface area (Å²) in [6, 6.07) is 1.62. The van der Waals surface area contributed by atoms with Crippen LogP contribution in [0.4, 0.5) is 0 Å². The van der Waals surface area contributed by atoms with Crippen LogP contribution in [-0.2, 0) is 4.79 Å². The number of carbonyl (C=O) groups is 1. The lowest BCUT2D eigenvalue weighted by Gasteiger charge is -2.04. The summed E-state index contributed by atoms with van der Waals surface area (Å²) >= 11 is 0. The van der Waals surface area contributed by atoms with Crippen molar-refractivity contribution in [1.82, 2.24) is 10.5 Å². The molecule has 0 bridgehead atoms. The van der Waals surface area contributed by atoms with Crippen molar-refractivity contribution >= 4 is 5.91 Å². The third kappa shape index (κ3) is 4.30. The summed E-state index contributed by atoms with van der Waals surface area (Å²) in [5, 5.41) is 6.23. The molecule has 82 valence electrons. The smallest absolute Gasteiger partial charge is 0.258 e. The van der Waals surface area contributed by atoms with Crippen LogP contribution in [-0.4, -0.2) is 24.2 Å². The molecule has 0 saturated heterocycles. The number of ether oxygens (including phenoxy) is 1. The molecule has 15 heavy (non-hydrogen) atoms. The Hall–Kier alpha value is -1.78. The van der Waals surface area contributed by atoms with Gasteiger partial charge in [0.25, 0.3) is 11.8 Å². The van der Waals surface area contributed by atoms with Gasteiger partial charge in [-0.3, -0.25) is 4.79 Å². The summed E-state index contributed by atoms with van der Waals surface area (Å²) in [4.78, 5) is 11.2. The van der Waals surface area contributed by atoms with Gasteiger partial charge in [0.05, 0.1) is 0 Å². The maximum Gasteiger partial charge on any atom is 0.258 e. The highest BCUT2D eigenvalue weighted by molar-refractivity contribution is 5.77. The lowest BCUT2D eigenvalue weighted by Crippen LogP contribution is -2.30. The fourth-order valence-electron chi connectivity index (χ4n) is 0.852. The molecule has 0 aromatic carbocycles. The van der Waals surface area contributed by atoms with Crippen LogP contribution in [0.5, 0.6) is 5.88 Å². The zero-order chi connectivity index (χ0) is 11.3. The van der Waals surface area contributed by atoms with Crippen molar-refractivity contribution in [2.45, 2.75) is 13.8 Å². The van der Waals surface area contributed by atoms with Gasteiger partial charge in [-0.15, -0.1) is 0 Å². The minimum Gasteiger partial charge on any atom is -0.465 e. The van der Waals surface area contributed by atoms with Crippen molar-refractivity contribution in [3.63, 3.8) is 0 Å². The Morgan fingerprint density at radius 1 is 1.73 bits per heavy atom. The Kier molecular flexibility index (Phi) is 3.91. The summed E-state index contributed by atoms with van der Waals surface area (Å²) in [5.74, 6) is 0.754. The van der Waals surface area contributed by atoms with Crippen LogP contribution in [0.1, 0.15) is 12.7 Å². The molecule has 1 aromatic heterocycles. The van der Waals surface area contributed by atoms with E-state index in [-0.39, 0.29) is 12.5 Å². The van der Waals surface area contributed by atoms with Gasteiger partial charge in [-0.2, -0.15) is 0 Å². The van der Waals surface area contributed by atoms with Gasteiger partial charge in [-0.05, 0) is 19.0 Å². The molecule has 1 amide bonds. The summed E-state index contributed by atoms with van der Waals surface area (Å²) < 4.78 is 9.85. The Bertz CT molecular complexity index is 357. The number of amides is 1. The minimum absolute atomic E-state index is 0.0702. The van der Waals surface area contributed by atoms with Crippen LogP contribution >= 0.6 is 0 Å². The van der Waals surface area contributed by atoms with Crippen molar-refractivity contribution in [3.05, 3.63) is 24.0 Å². The first-order chi connectivity index (χ1) is 7.08. The van der Waals surface area contributed by atoms with Crippen molar-refractivity contribution in [2.24, 2.45) is 0 Å². The Morgan fingerprint density at radius 2 is 2.47 bits per heavy atom. The number of rotatable bonds is 5. The van der Waals surface area contributed by atoms with E-state index in [0.717, 1.165) is 5.57 Å². The Labute approximate surface area is 88.1 Å². The van der Waals surface area contributed by atoms with Gasteiger partial charge >= 0.3 is 0 Å². The van der Waals surface area contributed by atoms with Crippen LogP contribution in [0.2, 0.25) is 0 Å². The molecular formula is C10H14N2O3. The van der Waals surface area contributed by atoms with Crippen LogP contribution in [0.3, 0.4) is 0 Å². The standard InChI is InChI=1S/C10H14N2O3/c1-7(2)5-11-9(13)6-14-10-4-8(3)15-12-10/h4H,1,5-6H2,2-3H3,(H,11,13). The number of nitrogens with zero attached hydrogens (tertiary/aromatic N) is 1. The monoisotopic (exact) mass is 210 g/mol. The molecule has 0 radical (unpaired) electrons. The van der Waals surface area contributed by atoms with Gasteiger partial charge in [-0.25, -0.2) is 0 Å². The Morgan fingerprint density at radius 3 is 3.00 bits per heavy atom. The third-order valence-corrected chi connectivity index (χ3v) is 1.54. The maximum atomic E-state index is 11.2. The van der Waals surface area contributed by atoms with Crippen molar-refractivity contribution < 1.29 is 14.1 Å². The summed E-state index contributed by atoms with van der Waals surface area (Å²) in [7, 11) is 0. The molecule has 1 N–H and O–H groups in total. The SMILES string of the molecule is C=C(C)CNC(=O)COc1cc(C)on1. The molecule has 1 rings (SSSR count). The second-order valence-corrected chi connectivity index (χ2v) is 3.30. The molecule has 0 atom stereocenters. The van der Waals surface area contributed by atoms with E-state index in [1.807, 2.05) is 6.92 Å². The fourth-order valence-corrected chi connectivity index (χ4v) is 0.852. The van der Waals surface area contributed by atoms with Gasteiger partial charge in [0.2, 0.25) is 0 Å². The minimum atomic E-state index is -0.210. The third-order valence-electron chi connectivity index (χ3n) is 1.54.